The first kappa shape index (κ1) is 47.2. The van der Waals surface area contributed by atoms with E-state index in [4.69, 9.17) is 14.7 Å². The first-order valence-electron chi connectivity index (χ1n) is 27.5. The minimum absolute atomic E-state index is 0.0214. The van der Waals surface area contributed by atoms with Gasteiger partial charge in [0.1, 0.15) is 11.3 Å². The van der Waals surface area contributed by atoms with Gasteiger partial charge in [-0.2, -0.15) is 0 Å². The molecule has 12 rings (SSSR count). The standard InChI is InChI=1S/C57H71N9O6/c1-35(2)65-34-58-48-33-47(60-52(51(48)65)59-40-11-12-40)39-10-18-46-49(30-39)66(42-31-41(32-42)62-24-4-3-5-25-62)56(71)57(46)22-28-64(29-23-57)55(70)38-20-26-63(27-21-38)54(69)37-8-15-44(16-9-37)72-43-13-6-36(7-14-43)45-17-19-50(67)61-53(45)68/h6-7,10,13-14,18,30,33-35,37-38,40-42,44-45H,3-5,8-9,11-12,15-17,19-29,31-32H2,1-2H3,(H,59,60)(H,61,67,68)/t37?,41?,42?,44?,45-/m1/s1. The number of aromatic nitrogens is 3. The molecule has 4 saturated heterocycles. The maximum Gasteiger partial charge on any atom is 0.238 e. The molecule has 2 aromatic carbocycles. The number of carbonyl (C=O) groups is 5. The normalized spacial score (nSPS) is 27.0. The van der Waals surface area contributed by atoms with Crippen molar-refractivity contribution in [3.8, 4) is 17.0 Å². The summed E-state index contributed by atoms with van der Waals surface area (Å²) in [6.07, 6.45) is 16.5. The summed E-state index contributed by atoms with van der Waals surface area (Å²) in [5.41, 5.74) is 6.12. The van der Waals surface area contributed by atoms with Crippen LogP contribution in [0.15, 0.2) is 54.9 Å². The second-order valence-electron chi connectivity index (χ2n) is 22.8. The number of anilines is 2. The summed E-state index contributed by atoms with van der Waals surface area (Å²) in [6, 6.07) is 17.6. The van der Waals surface area contributed by atoms with Crippen molar-refractivity contribution in [2.75, 3.05) is 49.5 Å². The Balaban J connectivity index is 0.681. The second kappa shape index (κ2) is 19.2. The first-order valence-corrected chi connectivity index (χ1v) is 27.5. The number of benzene rings is 2. The number of nitrogens with zero attached hydrogens (tertiary/aromatic N) is 7. The van der Waals surface area contributed by atoms with Gasteiger partial charge in [0.2, 0.25) is 29.5 Å². The Morgan fingerprint density at radius 3 is 2.14 bits per heavy atom. The topological polar surface area (TPSA) is 162 Å². The number of piperidine rings is 4. The van der Waals surface area contributed by atoms with Crippen molar-refractivity contribution in [2.45, 2.75) is 165 Å². The Morgan fingerprint density at radius 1 is 0.764 bits per heavy atom. The third-order valence-electron chi connectivity index (χ3n) is 18.0. The number of amides is 5. The van der Waals surface area contributed by atoms with Crippen molar-refractivity contribution in [2.24, 2.45) is 11.8 Å². The quantitative estimate of drug-likeness (QED) is 0.142. The van der Waals surface area contributed by atoms with E-state index < -0.39 is 5.41 Å². The highest BCUT2D eigenvalue weighted by Gasteiger charge is 2.56. The average Bonchev–Trinajstić information content (AvgIpc) is 4.05. The highest BCUT2D eigenvalue weighted by atomic mass is 16.5. The van der Waals surface area contributed by atoms with Crippen LogP contribution in [-0.4, -0.2) is 122 Å². The van der Waals surface area contributed by atoms with Gasteiger partial charge >= 0.3 is 0 Å². The number of hydrogen-bond donors (Lipinski definition) is 2. The molecule has 7 fully saturated rings. The van der Waals surface area contributed by atoms with E-state index in [1.54, 1.807) is 0 Å². The molecular weight excluding hydrogens is 907 g/mol. The highest BCUT2D eigenvalue weighted by molar-refractivity contribution is 6.09. The van der Waals surface area contributed by atoms with Crippen molar-refractivity contribution >= 4 is 52.1 Å². The summed E-state index contributed by atoms with van der Waals surface area (Å²) in [5.74, 6) is 1.22. The Kier molecular flexibility index (Phi) is 12.6. The van der Waals surface area contributed by atoms with E-state index in [9.17, 15) is 19.2 Å². The zero-order chi connectivity index (χ0) is 49.3. The number of pyridine rings is 1. The van der Waals surface area contributed by atoms with E-state index in [-0.39, 0.29) is 65.5 Å². The summed E-state index contributed by atoms with van der Waals surface area (Å²) < 4.78 is 8.52. The number of hydrogen-bond acceptors (Lipinski definition) is 10. The minimum atomic E-state index is -0.671. The average molecular weight is 978 g/mol. The van der Waals surface area contributed by atoms with Crippen LogP contribution in [0.4, 0.5) is 11.5 Å². The number of imide groups is 1. The van der Waals surface area contributed by atoms with Gasteiger partial charge in [0.05, 0.1) is 35.0 Å². The first-order chi connectivity index (χ1) is 35.0. The molecule has 3 saturated carbocycles. The van der Waals surface area contributed by atoms with Gasteiger partial charge in [0, 0.05) is 79.9 Å². The summed E-state index contributed by atoms with van der Waals surface area (Å²) in [4.78, 5) is 86.2. The molecule has 0 unspecified atom stereocenters. The molecule has 15 heteroatoms. The van der Waals surface area contributed by atoms with Gasteiger partial charge in [-0.15, -0.1) is 0 Å². The predicted octanol–water partition coefficient (Wildman–Crippen LogP) is 7.87. The fourth-order valence-corrected chi connectivity index (χ4v) is 13.5. The number of fused-ring (bicyclic) bond motifs is 3. The number of carbonyl (C=O) groups excluding carboxylic acids is 5. The largest absolute Gasteiger partial charge is 0.490 e. The van der Waals surface area contributed by atoms with Crippen molar-refractivity contribution in [1.82, 2.24) is 34.6 Å². The van der Waals surface area contributed by atoms with E-state index in [1.807, 2.05) is 40.4 Å². The molecule has 0 radical (unpaired) electrons. The maximum absolute atomic E-state index is 15.2. The molecule has 4 aromatic rings. The molecular formula is C57H71N9O6. The van der Waals surface area contributed by atoms with Crippen LogP contribution in [0.1, 0.15) is 146 Å². The molecule has 380 valence electrons. The smallest absolute Gasteiger partial charge is 0.238 e. The molecule has 72 heavy (non-hydrogen) atoms. The number of nitrogens with one attached hydrogen (secondary N) is 2. The Bertz CT molecular complexity index is 2730. The van der Waals surface area contributed by atoms with Crippen LogP contribution in [0.2, 0.25) is 0 Å². The Labute approximate surface area is 422 Å². The zero-order valence-corrected chi connectivity index (χ0v) is 42.2. The lowest BCUT2D eigenvalue weighted by Gasteiger charge is -2.48. The number of imidazole rings is 1. The van der Waals surface area contributed by atoms with E-state index in [0.717, 1.165) is 115 Å². The molecule has 5 amide bonds. The summed E-state index contributed by atoms with van der Waals surface area (Å²) >= 11 is 0. The van der Waals surface area contributed by atoms with Crippen LogP contribution >= 0.6 is 0 Å². The van der Waals surface area contributed by atoms with Crippen LogP contribution in [0.3, 0.4) is 0 Å². The molecule has 2 aromatic heterocycles. The molecule has 8 aliphatic rings. The lowest BCUT2D eigenvalue weighted by atomic mass is 9.73. The maximum atomic E-state index is 15.2. The number of rotatable bonds is 11. The van der Waals surface area contributed by atoms with Gasteiger partial charge in [-0.1, -0.05) is 30.7 Å². The van der Waals surface area contributed by atoms with Crippen molar-refractivity contribution in [3.63, 3.8) is 0 Å². The van der Waals surface area contributed by atoms with E-state index >= 15 is 4.79 Å². The van der Waals surface area contributed by atoms with Gasteiger partial charge in [-0.25, -0.2) is 9.97 Å². The zero-order valence-electron chi connectivity index (χ0n) is 42.2. The SMILES string of the molecule is CC(C)n1cnc2cc(-c3ccc4c(c3)N(C3CC(N5CCCCC5)C3)C(=O)C43CCN(C(=O)C4CCN(C(=O)C5CCC(Oc6ccc([C@H]7CCC(=O)NC7=O)cc6)CC5)CC4)CC3)nc(NC3CC3)c21. The Morgan fingerprint density at radius 2 is 1.46 bits per heavy atom. The molecule has 1 spiro atoms. The summed E-state index contributed by atoms with van der Waals surface area (Å²) in [5, 5.41) is 6.14. The predicted molar refractivity (Wildman–Crippen MR) is 274 cm³/mol. The fourth-order valence-electron chi connectivity index (χ4n) is 13.5. The molecule has 0 bridgehead atoms. The van der Waals surface area contributed by atoms with Crippen LogP contribution in [0.25, 0.3) is 22.3 Å². The number of likely N-dealkylation sites (tertiary alicyclic amines) is 3. The molecule has 5 aliphatic heterocycles. The van der Waals surface area contributed by atoms with Gasteiger partial charge in [0.15, 0.2) is 5.82 Å². The summed E-state index contributed by atoms with van der Waals surface area (Å²) in [6.45, 7) is 8.91. The number of ether oxygens (including phenoxy) is 1. The van der Waals surface area contributed by atoms with E-state index in [0.29, 0.717) is 76.8 Å². The van der Waals surface area contributed by atoms with Gasteiger partial charge < -0.3 is 34.2 Å². The van der Waals surface area contributed by atoms with Crippen molar-refractivity contribution in [3.05, 3.63) is 66.0 Å². The van der Waals surface area contributed by atoms with Gasteiger partial charge in [-0.3, -0.25) is 29.3 Å². The molecule has 7 heterocycles. The second-order valence-corrected chi connectivity index (χ2v) is 22.8. The van der Waals surface area contributed by atoms with Crippen LogP contribution < -0.4 is 20.3 Å². The third kappa shape index (κ3) is 8.84. The molecule has 1 atom stereocenters. The monoisotopic (exact) mass is 978 g/mol. The van der Waals surface area contributed by atoms with Crippen LogP contribution in [0, 0.1) is 11.8 Å². The third-order valence-corrected chi connectivity index (χ3v) is 18.0. The summed E-state index contributed by atoms with van der Waals surface area (Å²) in [7, 11) is 0. The Hall–Kier alpha value is -5.83. The van der Waals surface area contributed by atoms with Crippen LogP contribution in [-0.2, 0) is 29.4 Å². The lowest BCUT2D eigenvalue weighted by molar-refractivity contribution is -0.145. The lowest BCUT2D eigenvalue weighted by Crippen LogP contribution is -2.58. The van der Waals surface area contributed by atoms with E-state index in [1.165, 1.54) is 19.3 Å². The van der Waals surface area contributed by atoms with Crippen LogP contribution in [0.5, 0.6) is 5.75 Å². The highest BCUT2D eigenvalue weighted by Crippen LogP contribution is 2.52. The van der Waals surface area contributed by atoms with Gasteiger partial charge in [0.25, 0.3) is 0 Å². The fraction of sp³-hybridized carbons (Fsp3) is 0.596. The van der Waals surface area contributed by atoms with Crippen molar-refractivity contribution in [1.29, 1.82) is 0 Å². The molecule has 2 N–H and O–H groups in total. The van der Waals surface area contributed by atoms with E-state index in [2.05, 4.69) is 63.1 Å². The molecule has 3 aliphatic carbocycles. The minimum Gasteiger partial charge on any atom is -0.490 e. The molecule has 15 nitrogen and oxygen atoms in total. The van der Waals surface area contributed by atoms with Gasteiger partial charge in [-0.05, 0) is 159 Å². The van der Waals surface area contributed by atoms with Crippen molar-refractivity contribution < 1.29 is 28.7 Å².